The molecule has 0 saturated heterocycles. The number of hydrogen-bond acceptors (Lipinski definition) is 2. The first-order chi connectivity index (χ1) is 27.7. The van der Waals surface area contributed by atoms with E-state index in [0.717, 1.165) is 45.3 Å². The topological polar surface area (TPSA) is 6.48 Å². The first kappa shape index (κ1) is 44.8. The molecule has 0 N–H and O–H groups in total. The third kappa shape index (κ3) is 9.71. The van der Waals surface area contributed by atoms with Crippen LogP contribution in [0.25, 0.3) is 11.1 Å². The van der Waals surface area contributed by atoms with Crippen LogP contribution in [0.3, 0.4) is 0 Å². The summed E-state index contributed by atoms with van der Waals surface area (Å²) in [4.78, 5) is 4.73. The van der Waals surface area contributed by atoms with Crippen LogP contribution in [-0.4, -0.2) is 0 Å². The molecule has 6 rings (SSSR count). The maximum absolute atomic E-state index is 8.00. The van der Waals surface area contributed by atoms with Gasteiger partial charge in [0, 0.05) is 22.6 Å². The van der Waals surface area contributed by atoms with Gasteiger partial charge in [-0.3, -0.25) is 0 Å². The van der Waals surface area contributed by atoms with E-state index in [1.807, 2.05) is 0 Å². The van der Waals surface area contributed by atoms with E-state index in [9.17, 15) is 0 Å². The highest BCUT2D eigenvalue weighted by Crippen LogP contribution is 2.50. The maximum atomic E-state index is 8.00. The molecule has 6 aromatic rings. The maximum Gasteiger partial charge on any atom is 0.0887 e. The van der Waals surface area contributed by atoms with Gasteiger partial charge in [0.25, 0.3) is 0 Å². The quantitative estimate of drug-likeness (QED) is 0.158. The lowest BCUT2D eigenvalue weighted by molar-refractivity contribution is 0.589. The zero-order valence-electron chi connectivity index (χ0n) is 39.4. The Morgan fingerprint density at radius 1 is 0.350 bits per heavy atom. The average molecular weight is 818 g/mol. The summed E-state index contributed by atoms with van der Waals surface area (Å²) in [5.74, 6) is 0. The van der Waals surface area contributed by atoms with Gasteiger partial charge in [0.15, 0.2) is 0 Å². The van der Waals surface area contributed by atoms with Crippen molar-refractivity contribution in [3.63, 3.8) is 0 Å². The summed E-state index contributed by atoms with van der Waals surface area (Å²) < 4.78 is 0. The number of nitrogens with zero attached hydrogens (tertiary/aromatic N) is 2. The second kappa shape index (κ2) is 16.2. The number of halogens is 1. The number of hydrogen-bond donors (Lipinski definition) is 0. The van der Waals surface area contributed by atoms with Gasteiger partial charge in [0.2, 0.25) is 0 Å². The van der Waals surface area contributed by atoms with Gasteiger partial charge in [-0.05, 0) is 134 Å². The van der Waals surface area contributed by atoms with Crippen LogP contribution < -0.4 is 9.80 Å². The molecule has 0 aliphatic heterocycles. The molecule has 0 amide bonds. The lowest BCUT2D eigenvalue weighted by Gasteiger charge is -2.34. The van der Waals surface area contributed by atoms with E-state index < -0.39 is 0 Å². The number of rotatable bonds is 7. The van der Waals surface area contributed by atoms with E-state index in [0.29, 0.717) is 5.02 Å². The van der Waals surface area contributed by atoms with Gasteiger partial charge in [0.05, 0.1) is 22.1 Å². The summed E-state index contributed by atoms with van der Waals surface area (Å²) in [5.41, 5.74) is 16.0. The van der Waals surface area contributed by atoms with Crippen LogP contribution in [0, 0.1) is 6.92 Å². The number of benzene rings is 6. The van der Waals surface area contributed by atoms with Crippen molar-refractivity contribution in [2.24, 2.45) is 0 Å². The summed E-state index contributed by atoms with van der Waals surface area (Å²) >= 11 is 8.00. The molecule has 6 aromatic carbocycles. The summed E-state index contributed by atoms with van der Waals surface area (Å²) in [5, 5.41) is 0.676. The minimum absolute atomic E-state index is 0.0290. The van der Waals surface area contributed by atoms with Crippen molar-refractivity contribution in [2.45, 2.75) is 138 Å². The lowest BCUT2D eigenvalue weighted by atomic mass is 9.83. The molecule has 0 atom stereocenters. The number of anilines is 6. The van der Waals surface area contributed by atoms with Gasteiger partial charge < -0.3 is 9.80 Å². The largest absolute Gasteiger partial charge is 0.309 e. The molecular formula is C57H69ClN2. The SMILES string of the molecule is Cc1cc(N(c2ccc(C(C)(C)C)cc2)c2ccc(C(C)(C)C)cc2)c(Cl)c(N(c2cccc(C(C)(C)C)c2)c2ccc(C(C)(C)C)cc2-c2ccc(C(C)(C)C)cc2)c1. The Labute approximate surface area is 368 Å². The van der Waals surface area contributed by atoms with Gasteiger partial charge in [-0.15, -0.1) is 0 Å². The summed E-state index contributed by atoms with van der Waals surface area (Å²) in [6.07, 6.45) is 0. The third-order valence-corrected chi connectivity index (χ3v) is 12.2. The van der Waals surface area contributed by atoms with Crippen LogP contribution in [0.5, 0.6) is 0 Å². The molecule has 0 radical (unpaired) electrons. The third-order valence-electron chi connectivity index (χ3n) is 11.8. The van der Waals surface area contributed by atoms with Crippen LogP contribution in [0.2, 0.25) is 5.02 Å². The molecule has 60 heavy (non-hydrogen) atoms. The highest BCUT2D eigenvalue weighted by Gasteiger charge is 2.28. The van der Waals surface area contributed by atoms with Crippen molar-refractivity contribution >= 4 is 45.7 Å². The molecule has 0 unspecified atom stereocenters. The highest BCUT2D eigenvalue weighted by molar-refractivity contribution is 6.36. The fraction of sp³-hybridized carbons (Fsp3) is 0.368. The van der Waals surface area contributed by atoms with E-state index in [1.54, 1.807) is 0 Å². The first-order valence-electron chi connectivity index (χ1n) is 21.7. The van der Waals surface area contributed by atoms with E-state index in [-0.39, 0.29) is 27.1 Å². The van der Waals surface area contributed by atoms with Crippen molar-refractivity contribution in [3.05, 3.63) is 166 Å². The molecular weight excluding hydrogens is 748 g/mol. The minimum atomic E-state index is -0.0554. The smallest absolute Gasteiger partial charge is 0.0887 e. The van der Waals surface area contributed by atoms with Gasteiger partial charge in [0.1, 0.15) is 0 Å². The molecule has 0 spiro atoms. The van der Waals surface area contributed by atoms with E-state index in [2.05, 4.69) is 248 Å². The van der Waals surface area contributed by atoms with Crippen LogP contribution in [0.1, 0.15) is 137 Å². The van der Waals surface area contributed by atoms with Crippen molar-refractivity contribution in [1.29, 1.82) is 0 Å². The van der Waals surface area contributed by atoms with Crippen molar-refractivity contribution < 1.29 is 0 Å². The van der Waals surface area contributed by atoms with E-state index in [4.69, 9.17) is 11.6 Å². The molecule has 0 fully saturated rings. The van der Waals surface area contributed by atoms with Crippen LogP contribution >= 0.6 is 11.6 Å². The van der Waals surface area contributed by atoms with Crippen molar-refractivity contribution in [1.82, 2.24) is 0 Å². The molecule has 0 aliphatic rings. The minimum Gasteiger partial charge on any atom is -0.309 e. The molecule has 0 aliphatic carbocycles. The Hall–Kier alpha value is -4.79. The molecule has 314 valence electrons. The normalized spacial score (nSPS) is 12.8. The predicted molar refractivity (Wildman–Crippen MR) is 264 cm³/mol. The van der Waals surface area contributed by atoms with Crippen LogP contribution in [-0.2, 0) is 27.1 Å². The molecule has 3 heteroatoms. The summed E-state index contributed by atoms with van der Waals surface area (Å²) in [6, 6.07) is 47.7. The molecule has 0 heterocycles. The zero-order chi connectivity index (χ0) is 44.2. The van der Waals surface area contributed by atoms with Gasteiger partial charge >= 0.3 is 0 Å². The zero-order valence-corrected chi connectivity index (χ0v) is 40.2. The fourth-order valence-electron chi connectivity index (χ4n) is 7.80. The second-order valence-electron chi connectivity index (χ2n) is 22.0. The Kier molecular flexibility index (Phi) is 12.1. The second-order valence-corrected chi connectivity index (χ2v) is 22.4. The van der Waals surface area contributed by atoms with Crippen LogP contribution in [0.4, 0.5) is 34.1 Å². The predicted octanol–water partition coefficient (Wildman–Crippen LogP) is 17.7. The van der Waals surface area contributed by atoms with E-state index >= 15 is 0 Å². The number of aryl methyl sites for hydroxylation is 1. The Balaban J connectivity index is 1.67. The average Bonchev–Trinajstić information content (AvgIpc) is 3.15. The van der Waals surface area contributed by atoms with Gasteiger partial charge in [-0.2, -0.15) is 0 Å². The standard InChI is InChI=1S/C57H69ClN2/c1-38-34-50(59(45-29-24-41(25-30-45)54(5,6)7)46-31-26-42(27-32-46)55(8,9)10)52(58)51(35-38)60(47-19-17-18-43(36-47)56(11,12)13)49-33-28-44(57(14,15)16)37-48(49)39-20-22-40(23-21-39)53(2,3)4/h17-37H,1-16H3. The summed E-state index contributed by atoms with van der Waals surface area (Å²) in [7, 11) is 0. The van der Waals surface area contributed by atoms with Gasteiger partial charge in [-0.25, -0.2) is 0 Å². The van der Waals surface area contributed by atoms with Gasteiger partial charge in [-0.1, -0.05) is 182 Å². The van der Waals surface area contributed by atoms with E-state index in [1.165, 1.54) is 33.4 Å². The molecule has 0 saturated carbocycles. The Morgan fingerprint density at radius 2 is 0.733 bits per heavy atom. The molecule has 0 bridgehead atoms. The highest BCUT2D eigenvalue weighted by atomic mass is 35.5. The van der Waals surface area contributed by atoms with Crippen molar-refractivity contribution in [3.8, 4) is 11.1 Å². The fourth-order valence-corrected chi connectivity index (χ4v) is 8.08. The molecule has 2 nitrogen and oxygen atoms in total. The summed E-state index contributed by atoms with van der Waals surface area (Å²) in [6.45, 7) is 36.3. The Morgan fingerprint density at radius 3 is 1.17 bits per heavy atom. The lowest BCUT2D eigenvalue weighted by Crippen LogP contribution is -2.18. The van der Waals surface area contributed by atoms with Crippen molar-refractivity contribution in [2.75, 3.05) is 9.80 Å². The molecule has 0 aromatic heterocycles. The van der Waals surface area contributed by atoms with Crippen LogP contribution in [0.15, 0.2) is 127 Å². The Bertz CT molecular complexity index is 2380. The monoisotopic (exact) mass is 817 g/mol. The first-order valence-corrected chi connectivity index (χ1v) is 22.1.